The molecule has 0 radical (unpaired) electrons. The SMILES string of the molecule is O=C(O)C(CNS(=O)(=O)c1ccccc1)Oc1ccc([N+](=O)[O-])cc1. The van der Waals surface area contributed by atoms with Crippen molar-refractivity contribution in [1.82, 2.24) is 4.72 Å². The van der Waals surface area contributed by atoms with Crippen molar-refractivity contribution in [3.05, 3.63) is 64.7 Å². The van der Waals surface area contributed by atoms with Crippen LogP contribution in [-0.2, 0) is 14.8 Å². The lowest BCUT2D eigenvalue weighted by atomic mass is 10.3. The molecule has 1 unspecified atom stereocenters. The highest BCUT2D eigenvalue weighted by molar-refractivity contribution is 7.89. The molecule has 0 heterocycles. The minimum Gasteiger partial charge on any atom is -0.478 e. The number of sulfonamides is 1. The van der Waals surface area contributed by atoms with E-state index >= 15 is 0 Å². The van der Waals surface area contributed by atoms with Crippen LogP contribution in [0.25, 0.3) is 0 Å². The molecule has 0 amide bonds. The summed E-state index contributed by atoms with van der Waals surface area (Å²) in [7, 11) is -3.88. The Morgan fingerprint density at radius 2 is 1.76 bits per heavy atom. The van der Waals surface area contributed by atoms with E-state index in [9.17, 15) is 28.4 Å². The maximum absolute atomic E-state index is 12.1. The molecule has 25 heavy (non-hydrogen) atoms. The lowest BCUT2D eigenvalue weighted by Gasteiger charge is -2.16. The molecule has 2 rings (SSSR count). The van der Waals surface area contributed by atoms with Crippen LogP contribution < -0.4 is 9.46 Å². The number of hydrogen-bond donors (Lipinski definition) is 2. The van der Waals surface area contributed by atoms with Gasteiger partial charge in [0.2, 0.25) is 16.1 Å². The molecule has 0 spiro atoms. The van der Waals surface area contributed by atoms with E-state index in [1.54, 1.807) is 6.07 Å². The number of nitro benzene ring substituents is 1. The molecular formula is C15H14N2O7S. The summed E-state index contributed by atoms with van der Waals surface area (Å²) in [6.07, 6.45) is -1.50. The molecule has 2 aromatic rings. The number of rotatable bonds is 8. The van der Waals surface area contributed by atoms with Crippen LogP contribution in [0.5, 0.6) is 5.75 Å². The predicted octanol–water partition coefficient (Wildman–Crippen LogP) is 1.41. The Labute approximate surface area is 143 Å². The number of nitrogens with one attached hydrogen (secondary N) is 1. The highest BCUT2D eigenvalue weighted by Gasteiger charge is 2.23. The number of carbonyl (C=O) groups is 1. The maximum atomic E-state index is 12.1. The van der Waals surface area contributed by atoms with Crippen molar-refractivity contribution in [2.45, 2.75) is 11.0 Å². The number of ether oxygens (including phenoxy) is 1. The number of nitrogens with zero attached hydrogens (tertiary/aromatic N) is 1. The molecule has 0 aliphatic rings. The Morgan fingerprint density at radius 3 is 2.28 bits per heavy atom. The van der Waals surface area contributed by atoms with Gasteiger partial charge in [0.15, 0.2) is 0 Å². The summed E-state index contributed by atoms with van der Waals surface area (Å²) in [6.45, 7) is -0.510. The van der Waals surface area contributed by atoms with Crippen molar-refractivity contribution in [1.29, 1.82) is 0 Å². The Hall–Kier alpha value is -2.98. The minimum absolute atomic E-state index is 0.00512. The molecule has 0 fully saturated rings. The van der Waals surface area contributed by atoms with Crippen LogP contribution in [-0.4, -0.2) is 37.1 Å². The lowest BCUT2D eigenvalue weighted by molar-refractivity contribution is -0.384. The first-order chi connectivity index (χ1) is 11.8. The second-order valence-electron chi connectivity index (χ2n) is 4.86. The van der Waals surface area contributed by atoms with Gasteiger partial charge in [0.05, 0.1) is 16.4 Å². The van der Waals surface area contributed by atoms with Gasteiger partial charge in [0.25, 0.3) is 5.69 Å². The second kappa shape index (κ2) is 7.73. The Balaban J connectivity index is 2.06. The first-order valence-corrected chi connectivity index (χ1v) is 8.46. The van der Waals surface area contributed by atoms with Gasteiger partial charge in [-0.2, -0.15) is 0 Å². The number of carboxylic acid groups (broad SMARTS) is 1. The van der Waals surface area contributed by atoms with Crippen molar-refractivity contribution in [2.75, 3.05) is 6.54 Å². The molecule has 2 aromatic carbocycles. The summed E-state index contributed by atoms with van der Waals surface area (Å²) < 4.78 is 31.6. The van der Waals surface area contributed by atoms with E-state index in [2.05, 4.69) is 4.72 Å². The van der Waals surface area contributed by atoms with Crippen molar-refractivity contribution < 1.29 is 28.0 Å². The number of aliphatic carboxylic acids is 1. The van der Waals surface area contributed by atoms with Crippen LogP contribution in [0.2, 0.25) is 0 Å². The quantitative estimate of drug-likeness (QED) is 0.532. The normalized spacial score (nSPS) is 12.3. The molecule has 1 atom stereocenters. The Bertz CT molecular complexity index is 851. The van der Waals surface area contributed by atoms with Crippen LogP contribution in [0, 0.1) is 10.1 Å². The van der Waals surface area contributed by atoms with Crippen molar-refractivity contribution in [3.63, 3.8) is 0 Å². The first kappa shape index (κ1) is 18.4. The van der Waals surface area contributed by atoms with Crippen LogP contribution >= 0.6 is 0 Å². The van der Waals surface area contributed by atoms with Crippen LogP contribution in [0.15, 0.2) is 59.5 Å². The third-order valence-electron chi connectivity index (χ3n) is 3.11. The van der Waals surface area contributed by atoms with E-state index in [0.717, 1.165) is 12.1 Å². The summed E-state index contributed by atoms with van der Waals surface area (Å²) in [5, 5.41) is 19.8. The molecule has 0 saturated heterocycles. The van der Waals surface area contributed by atoms with Crippen molar-refractivity contribution in [3.8, 4) is 5.75 Å². The van der Waals surface area contributed by atoms with Crippen molar-refractivity contribution in [2.24, 2.45) is 0 Å². The number of nitro groups is 1. The molecule has 0 aromatic heterocycles. The fraction of sp³-hybridized carbons (Fsp3) is 0.133. The van der Waals surface area contributed by atoms with Gasteiger partial charge < -0.3 is 9.84 Å². The van der Waals surface area contributed by atoms with E-state index in [1.807, 2.05) is 0 Å². The molecule has 0 aliphatic carbocycles. The van der Waals surface area contributed by atoms with E-state index < -0.39 is 33.6 Å². The average Bonchev–Trinajstić information content (AvgIpc) is 2.59. The zero-order valence-electron chi connectivity index (χ0n) is 12.7. The molecule has 0 saturated carbocycles. The number of hydrogen-bond acceptors (Lipinski definition) is 6. The molecule has 132 valence electrons. The van der Waals surface area contributed by atoms with E-state index in [4.69, 9.17) is 4.74 Å². The van der Waals surface area contributed by atoms with Gasteiger partial charge in [-0.15, -0.1) is 0 Å². The van der Waals surface area contributed by atoms with Crippen LogP contribution in [0.4, 0.5) is 5.69 Å². The Kier molecular flexibility index (Phi) is 5.67. The summed E-state index contributed by atoms with van der Waals surface area (Å²) in [5.74, 6) is -1.31. The third-order valence-corrected chi connectivity index (χ3v) is 4.55. The van der Waals surface area contributed by atoms with Gasteiger partial charge in [0, 0.05) is 12.1 Å². The van der Waals surface area contributed by atoms with Crippen LogP contribution in [0.3, 0.4) is 0 Å². The lowest BCUT2D eigenvalue weighted by Crippen LogP contribution is -2.40. The van der Waals surface area contributed by atoms with Gasteiger partial charge in [-0.25, -0.2) is 17.9 Å². The van der Waals surface area contributed by atoms with Gasteiger partial charge in [-0.3, -0.25) is 10.1 Å². The minimum atomic E-state index is -3.88. The van der Waals surface area contributed by atoms with E-state index in [1.165, 1.54) is 36.4 Å². The maximum Gasteiger partial charge on any atom is 0.346 e. The summed E-state index contributed by atoms with van der Waals surface area (Å²) in [4.78, 5) is 21.2. The summed E-state index contributed by atoms with van der Waals surface area (Å²) in [6, 6.07) is 12.2. The largest absolute Gasteiger partial charge is 0.478 e. The summed E-state index contributed by atoms with van der Waals surface area (Å²) in [5.41, 5.74) is -0.177. The smallest absolute Gasteiger partial charge is 0.346 e. The zero-order chi connectivity index (χ0) is 18.4. The highest BCUT2D eigenvalue weighted by Crippen LogP contribution is 2.18. The van der Waals surface area contributed by atoms with Crippen LogP contribution in [0.1, 0.15) is 0 Å². The fourth-order valence-electron chi connectivity index (χ4n) is 1.86. The average molecular weight is 366 g/mol. The van der Waals surface area contributed by atoms with E-state index in [-0.39, 0.29) is 16.3 Å². The molecular weight excluding hydrogens is 352 g/mol. The van der Waals surface area contributed by atoms with Gasteiger partial charge in [0.1, 0.15) is 5.75 Å². The molecule has 2 N–H and O–H groups in total. The molecule has 0 bridgehead atoms. The molecule has 10 heteroatoms. The first-order valence-electron chi connectivity index (χ1n) is 6.98. The zero-order valence-corrected chi connectivity index (χ0v) is 13.5. The summed E-state index contributed by atoms with van der Waals surface area (Å²) >= 11 is 0. The monoisotopic (exact) mass is 366 g/mol. The standard InChI is InChI=1S/C15H14N2O7S/c18-15(19)14(24-12-8-6-11(7-9-12)17(20)21)10-16-25(22,23)13-4-2-1-3-5-13/h1-9,14,16H,10H2,(H,18,19). The third kappa shape index (κ3) is 4.99. The van der Waals surface area contributed by atoms with Crippen molar-refractivity contribution >= 4 is 21.7 Å². The van der Waals surface area contributed by atoms with Gasteiger partial charge in [-0.1, -0.05) is 18.2 Å². The number of non-ortho nitro benzene ring substituents is 1. The highest BCUT2D eigenvalue weighted by atomic mass is 32.2. The van der Waals surface area contributed by atoms with E-state index in [0.29, 0.717) is 0 Å². The number of carboxylic acids is 1. The Morgan fingerprint density at radius 1 is 1.16 bits per heavy atom. The fourth-order valence-corrected chi connectivity index (χ4v) is 2.91. The number of benzene rings is 2. The van der Waals surface area contributed by atoms with Gasteiger partial charge in [-0.05, 0) is 24.3 Å². The van der Waals surface area contributed by atoms with Gasteiger partial charge >= 0.3 is 5.97 Å². The predicted molar refractivity (Wildman–Crippen MR) is 86.8 cm³/mol. The molecule has 9 nitrogen and oxygen atoms in total. The molecule has 0 aliphatic heterocycles. The second-order valence-corrected chi connectivity index (χ2v) is 6.63. The topological polar surface area (TPSA) is 136 Å².